The smallest absolute Gasteiger partial charge is 0.223 e. The molecule has 0 aliphatic carbocycles. The zero-order chi connectivity index (χ0) is 12.0. The second-order valence-electron chi connectivity index (χ2n) is 3.15. The average molecular weight is 223 g/mol. The Morgan fingerprint density at radius 1 is 1.31 bits per heavy atom. The first-order valence-electron chi connectivity index (χ1n) is 5.07. The van der Waals surface area contributed by atoms with Crippen LogP contribution in [0.4, 0.5) is 17.6 Å². The Labute approximate surface area is 94.2 Å². The lowest BCUT2D eigenvalue weighted by atomic mass is 10.3. The number of hydrogen-bond acceptors (Lipinski definition) is 7. The van der Waals surface area contributed by atoms with Crippen LogP contribution < -0.4 is 22.1 Å². The zero-order valence-electron chi connectivity index (χ0n) is 9.25. The van der Waals surface area contributed by atoms with Gasteiger partial charge >= 0.3 is 0 Å². The van der Waals surface area contributed by atoms with Crippen LogP contribution in [-0.2, 0) is 0 Å². The van der Waals surface area contributed by atoms with Crippen LogP contribution >= 0.6 is 0 Å². The van der Waals surface area contributed by atoms with Crippen molar-refractivity contribution in [3.8, 4) is 0 Å². The molecule has 1 rings (SSSR count). The average Bonchev–Trinajstić information content (AvgIpc) is 2.24. The molecule has 0 aliphatic heterocycles. The summed E-state index contributed by atoms with van der Waals surface area (Å²) in [6, 6.07) is 0. The van der Waals surface area contributed by atoms with Crippen LogP contribution in [0.2, 0.25) is 0 Å². The summed E-state index contributed by atoms with van der Waals surface area (Å²) in [5.41, 5.74) is 11.6. The van der Waals surface area contributed by atoms with Crippen molar-refractivity contribution in [1.29, 1.82) is 5.41 Å². The molecule has 7 N–H and O–H groups in total. The third-order valence-electron chi connectivity index (χ3n) is 1.98. The quantitative estimate of drug-likeness (QED) is 0.332. The largest absolute Gasteiger partial charge is 0.383 e. The molecule has 7 nitrogen and oxygen atoms in total. The fraction of sp³-hybridized carbons (Fsp3) is 0.444. The van der Waals surface area contributed by atoms with Gasteiger partial charge < -0.3 is 27.5 Å². The first-order valence-corrected chi connectivity index (χ1v) is 5.07. The molecule has 88 valence electrons. The maximum Gasteiger partial charge on any atom is 0.223 e. The molecule has 0 unspecified atom stereocenters. The second-order valence-corrected chi connectivity index (χ2v) is 3.15. The number of hydrogen-bond donors (Lipinski definition) is 5. The molecule has 0 saturated heterocycles. The SMILES string of the molecule is CCNCCNc1nc(N)nc(N)c1C=N. The van der Waals surface area contributed by atoms with Gasteiger partial charge in [-0.1, -0.05) is 6.92 Å². The lowest BCUT2D eigenvalue weighted by Gasteiger charge is -2.10. The van der Waals surface area contributed by atoms with Crippen LogP contribution in [0, 0.1) is 5.41 Å². The second kappa shape index (κ2) is 5.86. The lowest BCUT2D eigenvalue weighted by Crippen LogP contribution is -2.23. The first kappa shape index (κ1) is 12.2. The Morgan fingerprint density at radius 3 is 2.69 bits per heavy atom. The number of nitrogens with two attached hydrogens (primary N) is 2. The molecule has 0 bridgehead atoms. The Kier molecular flexibility index (Phi) is 4.46. The monoisotopic (exact) mass is 223 g/mol. The molecule has 0 aromatic carbocycles. The van der Waals surface area contributed by atoms with Crippen LogP contribution in [0.5, 0.6) is 0 Å². The summed E-state index contributed by atoms with van der Waals surface area (Å²) in [4.78, 5) is 7.79. The molecule has 0 aliphatic rings. The predicted molar refractivity (Wildman–Crippen MR) is 65.8 cm³/mol. The maximum absolute atomic E-state index is 7.23. The van der Waals surface area contributed by atoms with E-state index in [2.05, 4.69) is 20.6 Å². The maximum atomic E-state index is 7.23. The standard InChI is InChI=1S/C9H17N7/c1-2-13-3-4-14-8-6(5-10)7(11)15-9(12)16-8/h5,10,13H,2-4H2,1H3,(H5,11,12,14,15,16). The minimum Gasteiger partial charge on any atom is -0.383 e. The Bertz CT molecular complexity index is 363. The van der Waals surface area contributed by atoms with Gasteiger partial charge in [-0.2, -0.15) is 9.97 Å². The van der Waals surface area contributed by atoms with Gasteiger partial charge in [0, 0.05) is 19.3 Å². The van der Waals surface area contributed by atoms with Gasteiger partial charge in [0.2, 0.25) is 5.95 Å². The number of nitrogen functional groups attached to an aromatic ring is 2. The van der Waals surface area contributed by atoms with Gasteiger partial charge in [0.25, 0.3) is 0 Å². The molecule has 0 radical (unpaired) electrons. The summed E-state index contributed by atoms with van der Waals surface area (Å²) in [5, 5.41) is 13.4. The summed E-state index contributed by atoms with van der Waals surface area (Å²) in [7, 11) is 0. The van der Waals surface area contributed by atoms with Crippen molar-refractivity contribution in [2.75, 3.05) is 36.4 Å². The minimum absolute atomic E-state index is 0.106. The Balaban J connectivity index is 2.73. The van der Waals surface area contributed by atoms with Crippen LogP contribution in [0.3, 0.4) is 0 Å². The Hall–Kier alpha value is -1.89. The predicted octanol–water partition coefficient (Wildman–Crippen LogP) is -0.340. The highest BCUT2D eigenvalue weighted by atomic mass is 15.1. The van der Waals surface area contributed by atoms with Crippen molar-refractivity contribution >= 4 is 23.8 Å². The molecule has 0 saturated carbocycles. The molecule has 1 aromatic rings. The van der Waals surface area contributed by atoms with E-state index in [1.54, 1.807) is 0 Å². The summed E-state index contributed by atoms with van der Waals surface area (Å²) in [6.07, 6.45) is 1.12. The number of aromatic nitrogens is 2. The van der Waals surface area contributed by atoms with Crippen LogP contribution in [-0.4, -0.2) is 35.8 Å². The van der Waals surface area contributed by atoms with E-state index in [-0.39, 0.29) is 11.8 Å². The molecule has 1 aromatic heterocycles. The number of nitrogens with zero attached hydrogens (tertiary/aromatic N) is 2. The highest BCUT2D eigenvalue weighted by Gasteiger charge is 2.08. The number of rotatable bonds is 6. The third-order valence-corrected chi connectivity index (χ3v) is 1.98. The van der Waals surface area contributed by atoms with Crippen molar-refractivity contribution in [3.63, 3.8) is 0 Å². The van der Waals surface area contributed by atoms with Crippen LogP contribution in [0.1, 0.15) is 12.5 Å². The molecule has 16 heavy (non-hydrogen) atoms. The van der Waals surface area contributed by atoms with Crippen molar-refractivity contribution in [3.05, 3.63) is 5.56 Å². The van der Waals surface area contributed by atoms with E-state index in [0.717, 1.165) is 19.3 Å². The van der Waals surface area contributed by atoms with E-state index < -0.39 is 0 Å². The van der Waals surface area contributed by atoms with Gasteiger partial charge in [0.15, 0.2) is 0 Å². The van der Waals surface area contributed by atoms with Crippen LogP contribution in [0.15, 0.2) is 0 Å². The molecule has 0 atom stereocenters. The normalized spacial score (nSPS) is 10.1. The summed E-state index contributed by atoms with van der Waals surface area (Å²) >= 11 is 0. The summed E-state index contributed by atoms with van der Waals surface area (Å²) < 4.78 is 0. The van der Waals surface area contributed by atoms with E-state index in [4.69, 9.17) is 16.9 Å². The van der Waals surface area contributed by atoms with Gasteiger partial charge in [0.1, 0.15) is 11.6 Å². The van der Waals surface area contributed by atoms with Crippen molar-refractivity contribution < 1.29 is 0 Å². The Morgan fingerprint density at radius 2 is 2.06 bits per heavy atom. The molecule has 7 heteroatoms. The van der Waals surface area contributed by atoms with Gasteiger partial charge in [-0.05, 0) is 6.54 Å². The number of nitrogens with one attached hydrogen (secondary N) is 3. The fourth-order valence-electron chi connectivity index (χ4n) is 1.23. The van der Waals surface area contributed by atoms with E-state index in [9.17, 15) is 0 Å². The topological polar surface area (TPSA) is 126 Å². The molecule has 0 spiro atoms. The van der Waals surface area contributed by atoms with Crippen molar-refractivity contribution in [2.45, 2.75) is 6.92 Å². The van der Waals surface area contributed by atoms with Crippen molar-refractivity contribution in [2.24, 2.45) is 0 Å². The zero-order valence-corrected chi connectivity index (χ0v) is 9.25. The summed E-state index contributed by atoms with van der Waals surface area (Å²) in [6.45, 7) is 4.43. The van der Waals surface area contributed by atoms with Crippen LogP contribution in [0.25, 0.3) is 0 Å². The highest BCUT2D eigenvalue weighted by molar-refractivity contribution is 5.90. The van der Waals surface area contributed by atoms with E-state index in [1.165, 1.54) is 0 Å². The first-order chi connectivity index (χ1) is 7.69. The summed E-state index contributed by atoms with van der Waals surface area (Å²) in [5.74, 6) is 0.820. The third kappa shape index (κ3) is 3.06. The van der Waals surface area contributed by atoms with Gasteiger partial charge in [-0.25, -0.2) is 0 Å². The van der Waals surface area contributed by atoms with Gasteiger partial charge in [-0.15, -0.1) is 0 Å². The number of anilines is 3. The lowest BCUT2D eigenvalue weighted by molar-refractivity contribution is 0.737. The van der Waals surface area contributed by atoms with Gasteiger partial charge in [0.05, 0.1) is 5.56 Å². The minimum atomic E-state index is 0.106. The van der Waals surface area contributed by atoms with E-state index in [1.807, 2.05) is 6.92 Å². The molecule has 0 fully saturated rings. The van der Waals surface area contributed by atoms with Gasteiger partial charge in [-0.3, -0.25) is 0 Å². The molecule has 1 heterocycles. The molecular weight excluding hydrogens is 206 g/mol. The highest BCUT2D eigenvalue weighted by Crippen LogP contribution is 2.16. The van der Waals surface area contributed by atoms with E-state index in [0.29, 0.717) is 17.9 Å². The van der Waals surface area contributed by atoms with Crippen molar-refractivity contribution in [1.82, 2.24) is 15.3 Å². The fourth-order valence-corrected chi connectivity index (χ4v) is 1.23. The van der Waals surface area contributed by atoms with E-state index >= 15 is 0 Å². The molecular formula is C9H17N7. The molecule has 0 amide bonds. The number of likely N-dealkylation sites (N-methyl/N-ethyl adjacent to an activating group) is 1.